The molecule has 2 amide bonds. The summed E-state index contributed by atoms with van der Waals surface area (Å²) in [7, 11) is 0. The van der Waals surface area contributed by atoms with Crippen molar-refractivity contribution in [2.45, 2.75) is 32.1 Å². The zero-order chi connectivity index (χ0) is 12.8. The molecular weight excluding hydrogens is 224 g/mol. The quantitative estimate of drug-likeness (QED) is 0.872. The molecule has 0 bridgehead atoms. The van der Waals surface area contributed by atoms with Crippen LogP contribution in [-0.2, 0) is 6.42 Å². The van der Waals surface area contributed by atoms with E-state index in [0.29, 0.717) is 0 Å². The summed E-state index contributed by atoms with van der Waals surface area (Å²) in [5, 5.41) is 0. The molecule has 1 aromatic rings. The molecule has 2 rings (SSSR count). The lowest BCUT2D eigenvalue weighted by Gasteiger charge is -2.30. The van der Waals surface area contributed by atoms with Crippen molar-refractivity contribution in [2.75, 3.05) is 13.1 Å². The first kappa shape index (κ1) is 12.9. The highest BCUT2D eigenvalue weighted by Gasteiger charge is 2.20. The topological polar surface area (TPSA) is 46.3 Å². The molecule has 2 N–H and O–H groups in total. The molecule has 1 aliphatic heterocycles. The van der Waals surface area contributed by atoms with Crippen LogP contribution < -0.4 is 5.73 Å². The minimum atomic E-state index is -0.266. The van der Waals surface area contributed by atoms with Crippen LogP contribution in [-0.4, -0.2) is 24.0 Å². The molecule has 0 saturated carbocycles. The Morgan fingerprint density at radius 2 is 1.89 bits per heavy atom. The number of aryl methyl sites for hydroxylation is 1. The Morgan fingerprint density at radius 3 is 2.50 bits per heavy atom. The van der Waals surface area contributed by atoms with Crippen molar-refractivity contribution in [1.82, 2.24) is 4.90 Å². The van der Waals surface area contributed by atoms with E-state index in [4.69, 9.17) is 5.73 Å². The third-order valence-corrected chi connectivity index (χ3v) is 3.85. The second-order valence-corrected chi connectivity index (χ2v) is 5.15. The minimum absolute atomic E-state index is 0.266. The fraction of sp³-hybridized carbons (Fsp3) is 0.533. The SMILES string of the molecule is NC(=O)N1CCC(CCCc2ccccc2)CC1. The van der Waals surface area contributed by atoms with Crippen molar-refractivity contribution in [3.05, 3.63) is 35.9 Å². The summed E-state index contributed by atoms with van der Waals surface area (Å²) in [4.78, 5) is 12.8. The molecule has 0 spiro atoms. The number of hydrogen-bond donors (Lipinski definition) is 1. The molecular formula is C15H22N2O. The van der Waals surface area contributed by atoms with Crippen LogP contribution in [0.25, 0.3) is 0 Å². The predicted octanol–water partition coefficient (Wildman–Crippen LogP) is 2.80. The molecule has 0 unspecified atom stereocenters. The number of carbonyl (C=O) groups is 1. The van der Waals surface area contributed by atoms with Crippen molar-refractivity contribution in [3.63, 3.8) is 0 Å². The maximum absolute atomic E-state index is 11.0. The number of benzene rings is 1. The van der Waals surface area contributed by atoms with Gasteiger partial charge >= 0.3 is 6.03 Å². The summed E-state index contributed by atoms with van der Waals surface area (Å²) in [6.45, 7) is 1.68. The molecule has 3 heteroatoms. The van der Waals surface area contributed by atoms with E-state index in [0.717, 1.165) is 38.3 Å². The molecule has 1 aromatic carbocycles. The third kappa shape index (κ3) is 3.76. The van der Waals surface area contributed by atoms with E-state index in [1.54, 1.807) is 4.90 Å². The second kappa shape index (κ2) is 6.43. The van der Waals surface area contributed by atoms with Crippen LogP contribution in [0.5, 0.6) is 0 Å². The van der Waals surface area contributed by atoms with Crippen LogP contribution in [0.15, 0.2) is 30.3 Å². The van der Waals surface area contributed by atoms with E-state index in [-0.39, 0.29) is 6.03 Å². The molecule has 1 heterocycles. The first-order valence-corrected chi connectivity index (χ1v) is 6.84. The van der Waals surface area contributed by atoms with Crippen LogP contribution in [0.3, 0.4) is 0 Å². The van der Waals surface area contributed by atoms with Crippen LogP contribution in [0.4, 0.5) is 4.79 Å². The van der Waals surface area contributed by atoms with Crippen LogP contribution in [0.2, 0.25) is 0 Å². The van der Waals surface area contributed by atoms with Gasteiger partial charge in [0.05, 0.1) is 0 Å². The summed E-state index contributed by atoms with van der Waals surface area (Å²) in [6, 6.07) is 10.4. The molecule has 3 nitrogen and oxygen atoms in total. The van der Waals surface area contributed by atoms with E-state index in [2.05, 4.69) is 30.3 Å². The number of amides is 2. The Hall–Kier alpha value is -1.51. The summed E-state index contributed by atoms with van der Waals surface area (Å²) in [5.74, 6) is 0.768. The number of urea groups is 1. The number of nitrogens with two attached hydrogens (primary N) is 1. The summed E-state index contributed by atoms with van der Waals surface area (Å²) in [6.07, 6.45) is 5.89. The van der Waals surface area contributed by atoms with Gasteiger partial charge in [0.25, 0.3) is 0 Å². The maximum atomic E-state index is 11.0. The first-order chi connectivity index (χ1) is 8.75. The number of rotatable bonds is 4. The molecule has 0 aromatic heterocycles. The Bertz CT molecular complexity index is 369. The van der Waals surface area contributed by atoms with Crippen molar-refractivity contribution in [1.29, 1.82) is 0 Å². The summed E-state index contributed by atoms with van der Waals surface area (Å²) < 4.78 is 0. The normalized spacial score (nSPS) is 16.8. The highest BCUT2D eigenvalue weighted by Crippen LogP contribution is 2.22. The zero-order valence-corrected chi connectivity index (χ0v) is 10.8. The molecule has 0 aliphatic carbocycles. The van der Waals surface area contributed by atoms with Crippen LogP contribution in [0, 0.1) is 5.92 Å². The number of hydrogen-bond acceptors (Lipinski definition) is 1. The Morgan fingerprint density at radius 1 is 1.22 bits per heavy atom. The van der Waals surface area contributed by atoms with Crippen LogP contribution in [0.1, 0.15) is 31.2 Å². The lowest BCUT2D eigenvalue weighted by atomic mass is 9.91. The molecule has 1 saturated heterocycles. The first-order valence-electron chi connectivity index (χ1n) is 6.84. The molecule has 1 aliphatic rings. The fourth-order valence-corrected chi connectivity index (χ4v) is 2.68. The lowest BCUT2D eigenvalue weighted by molar-refractivity contribution is 0.175. The minimum Gasteiger partial charge on any atom is -0.351 e. The highest BCUT2D eigenvalue weighted by atomic mass is 16.2. The summed E-state index contributed by atoms with van der Waals surface area (Å²) in [5.41, 5.74) is 6.70. The van der Waals surface area contributed by atoms with Crippen LogP contribution >= 0.6 is 0 Å². The highest BCUT2D eigenvalue weighted by molar-refractivity contribution is 5.72. The lowest BCUT2D eigenvalue weighted by Crippen LogP contribution is -2.41. The molecule has 0 radical (unpaired) electrons. The van der Waals surface area contributed by atoms with E-state index in [9.17, 15) is 4.79 Å². The smallest absolute Gasteiger partial charge is 0.314 e. The van der Waals surface area contributed by atoms with Gasteiger partial charge in [0, 0.05) is 13.1 Å². The average molecular weight is 246 g/mol. The molecule has 18 heavy (non-hydrogen) atoms. The Kier molecular flexibility index (Phi) is 4.62. The van der Waals surface area contributed by atoms with E-state index in [1.807, 2.05) is 0 Å². The monoisotopic (exact) mass is 246 g/mol. The maximum Gasteiger partial charge on any atom is 0.314 e. The van der Waals surface area contributed by atoms with Gasteiger partial charge in [0.2, 0.25) is 0 Å². The number of likely N-dealkylation sites (tertiary alicyclic amines) is 1. The average Bonchev–Trinajstić information content (AvgIpc) is 2.40. The number of primary amides is 1. The second-order valence-electron chi connectivity index (χ2n) is 5.15. The van der Waals surface area contributed by atoms with Gasteiger partial charge in [-0.2, -0.15) is 0 Å². The van der Waals surface area contributed by atoms with Gasteiger partial charge < -0.3 is 10.6 Å². The van der Waals surface area contributed by atoms with Gasteiger partial charge in [-0.25, -0.2) is 4.79 Å². The largest absolute Gasteiger partial charge is 0.351 e. The van der Waals surface area contributed by atoms with E-state index < -0.39 is 0 Å². The Balaban J connectivity index is 1.65. The van der Waals surface area contributed by atoms with Gasteiger partial charge in [0.1, 0.15) is 0 Å². The van der Waals surface area contributed by atoms with Gasteiger partial charge in [-0.05, 0) is 43.6 Å². The Labute approximate surface area is 109 Å². The molecule has 98 valence electrons. The van der Waals surface area contributed by atoms with E-state index >= 15 is 0 Å². The van der Waals surface area contributed by atoms with Crippen molar-refractivity contribution in [3.8, 4) is 0 Å². The third-order valence-electron chi connectivity index (χ3n) is 3.85. The number of carbonyl (C=O) groups excluding carboxylic acids is 1. The van der Waals surface area contributed by atoms with Crippen molar-refractivity contribution >= 4 is 6.03 Å². The molecule has 0 atom stereocenters. The van der Waals surface area contributed by atoms with Gasteiger partial charge in [-0.15, -0.1) is 0 Å². The summed E-state index contributed by atoms with van der Waals surface area (Å²) >= 11 is 0. The van der Waals surface area contributed by atoms with Gasteiger partial charge in [0.15, 0.2) is 0 Å². The standard InChI is InChI=1S/C15H22N2O/c16-15(18)17-11-9-14(10-12-17)8-4-7-13-5-2-1-3-6-13/h1-3,5-6,14H,4,7-12H2,(H2,16,18). The zero-order valence-electron chi connectivity index (χ0n) is 10.8. The predicted molar refractivity (Wildman–Crippen MR) is 73.3 cm³/mol. The van der Waals surface area contributed by atoms with Crippen molar-refractivity contribution in [2.24, 2.45) is 11.7 Å². The van der Waals surface area contributed by atoms with Crippen molar-refractivity contribution < 1.29 is 4.79 Å². The van der Waals surface area contributed by atoms with Gasteiger partial charge in [-0.1, -0.05) is 30.3 Å². The fourth-order valence-electron chi connectivity index (χ4n) is 2.68. The molecule has 1 fully saturated rings. The van der Waals surface area contributed by atoms with E-state index in [1.165, 1.54) is 18.4 Å². The van der Waals surface area contributed by atoms with Gasteiger partial charge in [-0.3, -0.25) is 0 Å². The number of piperidine rings is 1. The number of nitrogens with zero attached hydrogens (tertiary/aromatic N) is 1.